The summed E-state index contributed by atoms with van der Waals surface area (Å²) in [6.45, 7) is 4.77. The van der Waals surface area contributed by atoms with Gasteiger partial charge in [-0.2, -0.15) is 0 Å². The third kappa shape index (κ3) is 6.12. The van der Waals surface area contributed by atoms with Crippen LogP contribution in [-0.4, -0.2) is 52.6 Å². The van der Waals surface area contributed by atoms with E-state index in [4.69, 9.17) is 5.11 Å². The molecule has 27 heavy (non-hydrogen) atoms. The molecule has 142 valence electrons. The second-order valence-corrected chi connectivity index (χ2v) is 5.70. The molecule has 0 fully saturated rings. The van der Waals surface area contributed by atoms with E-state index in [9.17, 15) is 24.5 Å². The second-order valence-electron chi connectivity index (χ2n) is 5.70. The normalized spacial score (nSPS) is 11.6. The molecule has 1 N–H and O–H groups in total. The predicted octanol–water partition coefficient (Wildman–Crippen LogP) is 2.67. The summed E-state index contributed by atoms with van der Waals surface area (Å²) in [5, 5.41) is 20.1. The number of carboxylic acid groups (broad SMARTS) is 1. The fourth-order valence-corrected chi connectivity index (χ4v) is 2.37. The molecule has 0 aliphatic carbocycles. The van der Waals surface area contributed by atoms with Crippen molar-refractivity contribution < 1.29 is 24.4 Å². The van der Waals surface area contributed by atoms with Crippen LogP contribution in [0.1, 0.15) is 27.6 Å². The van der Waals surface area contributed by atoms with Gasteiger partial charge < -0.3 is 5.11 Å². The maximum absolute atomic E-state index is 12.5. The number of carbonyl (C=O) groups excluding carboxylic acids is 2. The van der Waals surface area contributed by atoms with Crippen LogP contribution in [0.2, 0.25) is 0 Å². The number of Topliss-reactive ketones (excluding diaryl/α,β-unsaturated/α-hetero) is 2. The Hall–Kier alpha value is -3.39. The smallest absolute Gasteiger partial charge is 0.335 e. The molecule has 0 saturated carbocycles. The number of ketones is 2. The highest BCUT2D eigenvalue weighted by molar-refractivity contribution is 6.11. The number of allylic oxidation sites excluding steroid dienone is 2. The number of nitro benzene ring substituents is 1. The first-order valence-corrected chi connectivity index (χ1v) is 7.91. The Labute approximate surface area is 156 Å². The number of carboxylic acids is 1. The third-order valence-corrected chi connectivity index (χ3v) is 3.56. The minimum Gasteiger partial charge on any atom is -0.478 e. The molecule has 0 saturated heterocycles. The lowest BCUT2D eigenvalue weighted by molar-refractivity contribution is -0.385. The average molecular weight is 372 g/mol. The standard InChI is InChI=1S/C19H20N2O6/c1-4-7-14(19(24)25)8-6-11-20(3)12-17(23)15-9-5-10-16(21(26)27)18(15)13(2)22/h4-10H,1,11-12H2,2-3H3,(H,24,25)/b8-6+,14-7+. The van der Waals surface area contributed by atoms with Gasteiger partial charge in [-0.1, -0.05) is 36.9 Å². The van der Waals surface area contributed by atoms with E-state index in [-0.39, 0.29) is 29.8 Å². The molecule has 0 aliphatic heterocycles. The lowest BCUT2D eigenvalue weighted by Gasteiger charge is -2.14. The summed E-state index contributed by atoms with van der Waals surface area (Å²) in [7, 11) is 1.63. The van der Waals surface area contributed by atoms with Crippen LogP contribution in [0.25, 0.3) is 0 Å². The lowest BCUT2D eigenvalue weighted by Crippen LogP contribution is -2.27. The Balaban J connectivity index is 2.94. The number of carbonyl (C=O) groups is 3. The molecule has 0 spiro atoms. The van der Waals surface area contributed by atoms with Crippen molar-refractivity contribution in [2.24, 2.45) is 0 Å². The van der Waals surface area contributed by atoms with E-state index in [0.717, 1.165) is 0 Å². The molecular formula is C19H20N2O6. The van der Waals surface area contributed by atoms with Crippen molar-refractivity contribution >= 4 is 23.2 Å². The fraction of sp³-hybridized carbons (Fsp3) is 0.211. The molecule has 8 nitrogen and oxygen atoms in total. The Bertz CT molecular complexity index is 839. The summed E-state index contributed by atoms with van der Waals surface area (Å²) < 4.78 is 0. The van der Waals surface area contributed by atoms with Gasteiger partial charge in [-0.3, -0.25) is 24.6 Å². The highest BCUT2D eigenvalue weighted by Gasteiger charge is 2.24. The molecule has 8 heteroatoms. The van der Waals surface area contributed by atoms with Gasteiger partial charge in [0.2, 0.25) is 0 Å². The molecule has 0 heterocycles. The van der Waals surface area contributed by atoms with Gasteiger partial charge in [0.15, 0.2) is 11.6 Å². The highest BCUT2D eigenvalue weighted by atomic mass is 16.6. The Morgan fingerprint density at radius 1 is 1.33 bits per heavy atom. The van der Waals surface area contributed by atoms with Crippen molar-refractivity contribution in [1.82, 2.24) is 4.90 Å². The minimum atomic E-state index is -1.10. The molecule has 1 rings (SSSR count). The molecule has 0 bridgehead atoms. The van der Waals surface area contributed by atoms with Crippen molar-refractivity contribution in [3.8, 4) is 0 Å². The van der Waals surface area contributed by atoms with Gasteiger partial charge in [-0.05, 0) is 20.0 Å². The first kappa shape index (κ1) is 21.7. The maximum Gasteiger partial charge on any atom is 0.335 e. The number of benzene rings is 1. The van der Waals surface area contributed by atoms with Crippen LogP contribution in [0.3, 0.4) is 0 Å². The summed E-state index contributed by atoms with van der Waals surface area (Å²) in [5.74, 6) is -2.11. The van der Waals surface area contributed by atoms with Crippen LogP contribution in [0.5, 0.6) is 0 Å². The summed E-state index contributed by atoms with van der Waals surface area (Å²) >= 11 is 0. The molecule has 0 radical (unpaired) electrons. The quantitative estimate of drug-likeness (QED) is 0.220. The first-order valence-electron chi connectivity index (χ1n) is 7.91. The second kappa shape index (κ2) is 9.93. The van der Waals surface area contributed by atoms with Crippen molar-refractivity contribution in [3.05, 3.63) is 75.9 Å². The Morgan fingerprint density at radius 2 is 2.00 bits per heavy atom. The van der Waals surface area contributed by atoms with Crippen molar-refractivity contribution in [2.75, 3.05) is 20.1 Å². The molecule has 0 amide bonds. The number of rotatable bonds is 10. The van der Waals surface area contributed by atoms with Crippen molar-refractivity contribution in [3.63, 3.8) is 0 Å². The third-order valence-electron chi connectivity index (χ3n) is 3.56. The number of aliphatic carboxylic acids is 1. The zero-order valence-corrected chi connectivity index (χ0v) is 15.0. The number of nitro groups is 1. The van der Waals surface area contributed by atoms with Crippen LogP contribution in [0, 0.1) is 10.1 Å². The first-order chi connectivity index (χ1) is 12.7. The topological polar surface area (TPSA) is 118 Å². The van der Waals surface area contributed by atoms with E-state index >= 15 is 0 Å². The van der Waals surface area contributed by atoms with Gasteiger partial charge in [-0.15, -0.1) is 0 Å². The number of hydrogen-bond acceptors (Lipinski definition) is 6. The molecule has 0 atom stereocenters. The zero-order chi connectivity index (χ0) is 20.6. The van der Waals surface area contributed by atoms with Gasteiger partial charge in [-0.25, -0.2) is 4.79 Å². The lowest BCUT2D eigenvalue weighted by atomic mass is 9.98. The largest absolute Gasteiger partial charge is 0.478 e. The molecule has 0 aliphatic rings. The molecular weight excluding hydrogens is 352 g/mol. The molecule has 0 unspecified atom stereocenters. The molecule has 1 aromatic carbocycles. The number of hydrogen-bond donors (Lipinski definition) is 1. The van der Waals surface area contributed by atoms with E-state index in [0.29, 0.717) is 0 Å². The van der Waals surface area contributed by atoms with Crippen molar-refractivity contribution in [2.45, 2.75) is 6.92 Å². The maximum atomic E-state index is 12.5. The number of likely N-dealkylation sites (N-methyl/N-ethyl adjacent to an activating group) is 1. The molecule has 0 aromatic heterocycles. The van der Waals surface area contributed by atoms with Gasteiger partial charge in [0.25, 0.3) is 5.69 Å². The van der Waals surface area contributed by atoms with E-state index in [2.05, 4.69) is 6.58 Å². The monoisotopic (exact) mass is 372 g/mol. The van der Waals surface area contributed by atoms with Crippen molar-refractivity contribution in [1.29, 1.82) is 0 Å². The van der Waals surface area contributed by atoms with Crippen LogP contribution in [0.15, 0.2) is 54.7 Å². The van der Waals surface area contributed by atoms with Crippen LogP contribution < -0.4 is 0 Å². The fourth-order valence-electron chi connectivity index (χ4n) is 2.37. The SMILES string of the molecule is C=C/C=C(\C=C\CN(C)CC(=O)c1cccc([N+](=O)[O-])c1C(C)=O)C(=O)O. The van der Waals surface area contributed by atoms with Crippen LogP contribution >= 0.6 is 0 Å². The Kier molecular flexibility index (Phi) is 7.96. The minimum absolute atomic E-state index is 0.00897. The van der Waals surface area contributed by atoms with E-state index in [1.165, 1.54) is 43.4 Å². The summed E-state index contributed by atoms with van der Waals surface area (Å²) in [5.41, 5.74) is -0.581. The van der Waals surface area contributed by atoms with Crippen LogP contribution in [-0.2, 0) is 4.79 Å². The summed E-state index contributed by atoms with van der Waals surface area (Å²) in [4.78, 5) is 47.3. The average Bonchev–Trinajstić information content (AvgIpc) is 2.59. The predicted molar refractivity (Wildman–Crippen MR) is 100.0 cm³/mol. The molecule has 1 aromatic rings. The van der Waals surface area contributed by atoms with Crippen LogP contribution in [0.4, 0.5) is 5.69 Å². The van der Waals surface area contributed by atoms with E-state index in [1.54, 1.807) is 18.0 Å². The van der Waals surface area contributed by atoms with Gasteiger partial charge in [0, 0.05) is 18.2 Å². The highest BCUT2D eigenvalue weighted by Crippen LogP contribution is 2.23. The Morgan fingerprint density at radius 3 is 2.52 bits per heavy atom. The van der Waals surface area contributed by atoms with Gasteiger partial charge in [0.1, 0.15) is 5.56 Å². The van der Waals surface area contributed by atoms with Gasteiger partial charge >= 0.3 is 5.97 Å². The summed E-state index contributed by atoms with van der Waals surface area (Å²) in [6.07, 6.45) is 5.65. The van der Waals surface area contributed by atoms with E-state index < -0.39 is 28.1 Å². The van der Waals surface area contributed by atoms with E-state index in [1.807, 2.05) is 0 Å². The zero-order valence-electron chi connectivity index (χ0n) is 15.0. The number of nitrogens with zero attached hydrogens (tertiary/aromatic N) is 2. The van der Waals surface area contributed by atoms with Gasteiger partial charge in [0.05, 0.1) is 17.0 Å². The summed E-state index contributed by atoms with van der Waals surface area (Å²) in [6, 6.07) is 3.92.